The maximum absolute atomic E-state index is 12.1. The summed E-state index contributed by atoms with van der Waals surface area (Å²) in [7, 11) is -2.94. The number of phenols is 2. The lowest BCUT2D eigenvalue weighted by molar-refractivity contribution is 0.457. The number of phenolic OH excluding ortho intramolecular Hbond substituents is 2. The van der Waals surface area contributed by atoms with Gasteiger partial charge in [-0.25, -0.2) is 0 Å². The normalized spacial score (nSPS) is 12.9. The van der Waals surface area contributed by atoms with Crippen LogP contribution in [0.2, 0.25) is 5.04 Å². The molecule has 0 heterocycles. The van der Waals surface area contributed by atoms with E-state index in [2.05, 4.69) is 180 Å². The molecular formula is C48H60O3Si. The Morgan fingerprint density at radius 1 is 0.462 bits per heavy atom. The predicted molar refractivity (Wildman–Crippen MR) is 223 cm³/mol. The topological polar surface area (TPSA) is 49.7 Å². The number of aromatic hydroxyl groups is 2. The number of rotatable bonds is 8. The zero-order valence-electron chi connectivity index (χ0n) is 33.6. The summed E-state index contributed by atoms with van der Waals surface area (Å²) in [6.45, 7) is 26.8. The second kappa shape index (κ2) is 14.3. The molecule has 0 spiro atoms. The molecule has 5 aromatic rings. The highest BCUT2D eigenvalue weighted by Gasteiger charge is 2.52. The Hall–Kier alpha value is -4.28. The molecule has 5 aromatic carbocycles. The molecule has 0 saturated carbocycles. The molecular weight excluding hydrogens is 653 g/mol. The van der Waals surface area contributed by atoms with Crippen LogP contribution < -0.4 is 14.8 Å². The van der Waals surface area contributed by atoms with Gasteiger partial charge < -0.3 is 14.6 Å². The van der Waals surface area contributed by atoms with Gasteiger partial charge in [0.25, 0.3) is 0 Å². The molecule has 52 heavy (non-hydrogen) atoms. The van der Waals surface area contributed by atoms with Gasteiger partial charge in [-0.05, 0) is 82.7 Å². The Morgan fingerprint density at radius 3 is 1.31 bits per heavy atom. The standard InChI is InChI=1S/C48H60O3Si/c1-45(2,3)37-23-25-42(49)33(29-37)27-35-31-39(47(7,8)9)32-36(44(35)50)28-34-30-38(46(4,5)6)24-26-43(34)51-52(48(10,11)12,40-19-15-13-16-20-40)41-21-17-14-18-22-41/h13-26,29-32,49-50H,27-28H2,1-12H3. The number of hydrogen-bond acceptors (Lipinski definition) is 3. The quantitative estimate of drug-likeness (QED) is 0.158. The van der Waals surface area contributed by atoms with Crippen LogP contribution >= 0.6 is 0 Å². The lowest BCUT2D eigenvalue weighted by Gasteiger charge is -2.43. The van der Waals surface area contributed by atoms with Crippen LogP contribution in [0.3, 0.4) is 0 Å². The van der Waals surface area contributed by atoms with E-state index in [1.54, 1.807) is 6.07 Å². The molecule has 0 atom stereocenters. The van der Waals surface area contributed by atoms with Crippen molar-refractivity contribution < 1.29 is 14.6 Å². The zero-order chi connectivity index (χ0) is 38.3. The smallest absolute Gasteiger partial charge is 0.319 e. The van der Waals surface area contributed by atoms with Crippen molar-refractivity contribution in [2.45, 2.75) is 117 Å². The molecule has 0 bridgehead atoms. The van der Waals surface area contributed by atoms with Gasteiger partial charge in [0.15, 0.2) is 0 Å². The molecule has 0 amide bonds. The van der Waals surface area contributed by atoms with E-state index < -0.39 is 8.32 Å². The van der Waals surface area contributed by atoms with Crippen LogP contribution in [0.5, 0.6) is 17.2 Å². The molecule has 5 rings (SSSR count). The van der Waals surface area contributed by atoms with Crippen LogP contribution in [0.4, 0.5) is 0 Å². The maximum atomic E-state index is 12.1. The lowest BCUT2D eigenvalue weighted by atomic mass is 9.81. The van der Waals surface area contributed by atoms with E-state index in [1.807, 2.05) is 6.07 Å². The third-order valence-corrected chi connectivity index (χ3v) is 15.4. The van der Waals surface area contributed by atoms with Crippen molar-refractivity contribution in [3.63, 3.8) is 0 Å². The maximum Gasteiger partial charge on any atom is 0.319 e. The van der Waals surface area contributed by atoms with Crippen molar-refractivity contribution >= 4 is 18.7 Å². The fraction of sp³-hybridized carbons (Fsp3) is 0.375. The first-order chi connectivity index (χ1) is 24.1. The Labute approximate surface area is 314 Å². The molecule has 3 nitrogen and oxygen atoms in total. The first-order valence-electron chi connectivity index (χ1n) is 18.7. The Balaban J connectivity index is 1.71. The summed E-state index contributed by atoms with van der Waals surface area (Å²) in [5.74, 6) is 1.36. The van der Waals surface area contributed by atoms with Gasteiger partial charge in [0.2, 0.25) is 0 Å². The summed E-state index contributed by atoms with van der Waals surface area (Å²) in [5, 5.41) is 25.4. The van der Waals surface area contributed by atoms with Gasteiger partial charge >= 0.3 is 8.32 Å². The first-order valence-corrected chi connectivity index (χ1v) is 20.6. The van der Waals surface area contributed by atoms with Gasteiger partial charge in [-0.15, -0.1) is 0 Å². The second-order valence-electron chi connectivity index (χ2n) is 18.7. The minimum absolute atomic E-state index is 0.0670. The van der Waals surface area contributed by atoms with Crippen LogP contribution in [0.1, 0.15) is 122 Å². The molecule has 0 radical (unpaired) electrons. The van der Waals surface area contributed by atoms with Crippen molar-refractivity contribution in [2.24, 2.45) is 0 Å². The molecule has 4 heteroatoms. The van der Waals surface area contributed by atoms with E-state index in [4.69, 9.17) is 4.43 Å². The van der Waals surface area contributed by atoms with E-state index in [-0.39, 0.29) is 32.8 Å². The summed E-state index contributed by atoms with van der Waals surface area (Å²) < 4.78 is 7.66. The molecule has 0 unspecified atom stereocenters. The SMILES string of the molecule is CC(C)(C)c1ccc(O)c(Cc2cc(C(C)(C)C)cc(Cc3cc(C(C)(C)C)ccc3O[Si](c3ccccc3)(c3ccccc3)C(C)(C)C)c2O)c1. The zero-order valence-corrected chi connectivity index (χ0v) is 34.6. The third-order valence-electron chi connectivity index (χ3n) is 10.4. The fourth-order valence-electron chi connectivity index (χ4n) is 7.16. The van der Waals surface area contributed by atoms with Crippen LogP contribution in [-0.2, 0) is 29.1 Å². The minimum atomic E-state index is -2.94. The van der Waals surface area contributed by atoms with Gasteiger partial charge in [-0.2, -0.15) is 0 Å². The van der Waals surface area contributed by atoms with E-state index in [9.17, 15) is 10.2 Å². The largest absolute Gasteiger partial charge is 0.534 e. The average Bonchev–Trinajstić information content (AvgIpc) is 3.05. The van der Waals surface area contributed by atoms with E-state index in [0.29, 0.717) is 12.8 Å². The van der Waals surface area contributed by atoms with Crippen LogP contribution in [0.15, 0.2) is 109 Å². The van der Waals surface area contributed by atoms with Crippen molar-refractivity contribution in [1.29, 1.82) is 0 Å². The van der Waals surface area contributed by atoms with E-state index in [0.717, 1.165) is 39.1 Å². The predicted octanol–water partition coefficient (Wildman–Crippen LogP) is 11.1. The van der Waals surface area contributed by atoms with Crippen LogP contribution in [0.25, 0.3) is 0 Å². The number of benzene rings is 5. The summed E-state index contributed by atoms with van der Waals surface area (Å²) in [6, 6.07) is 38.3. The van der Waals surface area contributed by atoms with Gasteiger partial charge in [0.05, 0.1) is 0 Å². The van der Waals surface area contributed by atoms with Gasteiger partial charge in [-0.1, -0.05) is 180 Å². The van der Waals surface area contributed by atoms with Gasteiger partial charge in [-0.3, -0.25) is 0 Å². The van der Waals surface area contributed by atoms with Gasteiger partial charge in [0, 0.05) is 12.8 Å². The minimum Gasteiger partial charge on any atom is -0.534 e. The van der Waals surface area contributed by atoms with Crippen molar-refractivity contribution in [3.05, 3.63) is 148 Å². The summed E-state index contributed by atoms with van der Waals surface area (Å²) in [5.41, 5.74) is 6.72. The highest BCUT2D eigenvalue weighted by molar-refractivity contribution is 7.00. The Kier molecular flexibility index (Phi) is 10.7. The molecule has 0 fully saturated rings. The Bertz CT molecular complexity index is 1960. The van der Waals surface area contributed by atoms with Gasteiger partial charge in [0.1, 0.15) is 17.2 Å². The van der Waals surface area contributed by atoms with Crippen molar-refractivity contribution in [1.82, 2.24) is 0 Å². The number of hydrogen-bond donors (Lipinski definition) is 2. The highest BCUT2D eigenvalue weighted by atomic mass is 28.4. The summed E-state index contributed by atoms with van der Waals surface area (Å²) in [6.07, 6.45) is 0.917. The van der Waals surface area contributed by atoms with Crippen molar-refractivity contribution in [2.75, 3.05) is 0 Å². The second-order valence-corrected chi connectivity index (χ2v) is 22.9. The highest BCUT2D eigenvalue weighted by Crippen LogP contribution is 2.42. The van der Waals surface area contributed by atoms with E-state index in [1.165, 1.54) is 15.9 Å². The fourth-order valence-corrected chi connectivity index (χ4v) is 11.6. The lowest BCUT2D eigenvalue weighted by Crippen LogP contribution is -2.68. The van der Waals surface area contributed by atoms with Crippen LogP contribution in [-0.4, -0.2) is 18.5 Å². The molecule has 0 aliphatic carbocycles. The Morgan fingerprint density at radius 2 is 0.865 bits per heavy atom. The first kappa shape index (κ1) is 38.9. The molecule has 274 valence electrons. The summed E-state index contributed by atoms with van der Waals surface area (Å²) >= 11 is 0. The molecule has 0 aliphatic rings. The monoisotopic (exact) mass is 712 g/mol. The van der Waals surface area contributed by atoms with E-state index >= 15 is 0 Å². The molecule has 2 N–H and O–H groups in total. The summed E-state index contributed by atoms with van der Waals surface area (Å²) in [4.78, 5) is 0. The average molecular weight is 713 g/mol. The molecule has 0 aliphatic heterocycles. The third kappa shape index (κ3) is 8.18. The molecule has 0 saturated heterocycles. The van der Waals surface area contributed by atoms with Crippen LogP contribution in [0, 0.1) is 0 Å². The van der Waals surface area contributed by atoms with Crippen molar-refractivity contribution in [3.8, 4) is 17.2 Å². The molecule has 0 aromatic heterocycles.